The lowest BCUT2D eigenvalue weighted by atomic mass is 10.1. The number of anilines is 1. The van der Waals surface area contributed by atoms with E-state index in [-0.39, 0.29) is 17.0 Å². The molecule has 0 heterocycles. The van der Waals surface area contributed by atoms with Crippen molar-refractivity contribution >= 4 is 27.2 Å². The molecule has 0 spiro atoms. The maximum absolute atomic E-state index is 12.4. The molecule has 1 N–H and O–H groups in total. The van der Waals surface area contributed by atoms with Gasteiger partial charge in [0.15, 0.2) is 10.7 Å². The van der Waals surface area contributed by atoms with E-state index in [9.17, 15) is 23.3 Å². The summed E-state index contributed by atoms with van der Waals surface area (Å²) < 4.78 is 27.0. The van der Waals surface area contributed by atoms with Gasteiger partial charge < -0.3 is 0 Å². The molecule has 2 rings (SSSR count). The number of nitro benzene ring substituents is 1. The predicted octanol–water partition coefficient (Wildman–Crippen LogP) is 2.60. The fourth-order valence-corrected chi connectivity index (χ4v) is 3.17. The second-order valence-electron chi connectivity index (χ2n) is 4.43. The fraction of sp³-hybridized carbons (Fsp3) is 0.0714. The van der Waals surface area contributed by atoms with Crippen molar-refractivity contribution in [1.82, 2.24) is 0 Å². The van der Waals surface area contributed by atoms with E-state index in [0.29, 0.717) is 0 Å². The Labute approximate surface area is 126 Å². The summed E-state index contributed by atoms with van der Waals surface area (Å²) in [6, 6.07) is 11.0. The lowest BCUT2D eigenvalue weighted by molar-refractivity contribution is -0.387. The molecule has 0 unspecified atom stereocenters. The Hall–Kier alpha value is -2.74. The first-order valence-corrected chi connectivity index (χ1v) is 7.67. The lowest BCUT2D eigenvalue weighted by Gasteiger charge is -2.11. The number of carbonyl (C=O) groups excluding carboxylic acids is 1. The topological polar surface area (TPSA) is 106 Å². The number of ketones is 1. The Balaban J connectivity index is 2.50. The molecular formula is C14H12N2O5S. The Bertz CT molecular complexity index is 846. The molecule has 0 bridgehead atoms. The largest absolute Gasteiger partial charge is 0.294 e. The van der Waals surface area contributed by atoms with Gasteiger partial charge in [-0.3, -0.25) is 19.6 Å². The molecule has 7 nitrogen and oxygen atoms in total. The summed E-state index contributed by atoms with van der Waals surface area (Å²) in [5.74, 6) is -0.319. The molecule has 2 aromatic rings. The number of sulfonamides is 1. The predicted molar refractivity (Wildman–Crippen MR) is 80.4 cm³/mol. The van der Waals surface area contributed by atoms with Gasteiger partial charge in [0.1, 0.15) is 0 Å². The van der Waals surface area contributed by atoms with Gasteiger partial charge in [0.05, 0.1) is 10.6 Å². The first-order valence-electron chi connectivity index (χ1n) is 6.19. The van der Waals surface area contributed by atoms with Crippen LogP contribution in [0.2, 0.25) is 0 Å². The van der Waals surface area contributed by atoms with Crippen molar-refractivity contribution in [3.63, 3.8) is 0 Å². The van der Waals surface area contributed by atoms with Crippen LogP contribution in [-0.4, -0.2) is 19.1 Å². The van der Waals surface area contributed by atoms with E-state index in [1.54, 1.807) is 12.1 Å². The van der Waals surface area contributed by atoms with Gasteiger partial charge in [-0.25, -0.2) is 8.42 Å². The van der Waals surface area contributed by atoms with Crippen molar-refractivity contribution in [2.24, 2.45) is 0 Å². The molecule has 0 aliphatic rings. The van der Waals surface area contributed by atoms with Gasteiger partial charge in [0.2, 0.25) is 0 Å². The number of carbonyl (C=O) groups is 1. The summed E-state index contributed by atoms with van der Waals surface area (Å²) >= 11 is 0. The molecule has 0 aromatic heterocycles. The van der Waals surface area contributed by atoms with Crippen molar-refractivity contribution in [3.05, 3.63) is 64.2 Å². The monoisotopic (exact) mass is 320 g/mol. The lowest BCUT2D eigenvalue weighted by Crippen LogP contribution is -2.16. The average Bonchev–Trinajstić information content (AvgIpc) is 2.47. The number of nitrogens with zero attached hydrogens (tertiary/aromatic N) is 1. The van der Waals surface area contributed by atoms with Crippen molar-refractivity contribution in [2.75, 3.05) is 4.72 Å². The summed E-state index contributed by atoms with van der Waals surface area (Å²) in [6.45, 7) is 1.30. The molecule has 0 saturated carbocycles. The van der Waals surface area contributed by atoms with Crippen molar-refractivity contribution in [2.45, 2.75) is 11.8 Å². The Kier molecular flexibility index (Phi) is 4.22. The summed E-state index contributed by atoms with van der Waals surface area (Å²) in [7, 11) is -4.19. The van der Waals surface area contributed by atoms with E-state index < -0.39 is 25.5 Å². The van der Waals surface area contributed by atoms with Gasteiger partial charge in [-0.15, -0.1) is 0 Å². The van der Waals surface area contributed by atoms with Crippen LogP contribution >= 0.6 is 0 Å². The van der Waals surface area contributed by atoms with E-state index in [1.807, 2.05) is 0 Å². The summed E-state index contributed by atoms with van der Waals surface area (Å²) in [4.78, 5) is 21.2. The van der Waals surface area contributed by atoms with Crippen LogP contribution in [0.3, 0.4) is 0 Å². The number of hydrogen-bond acceptors (Lipinski definition) is 5. The number of hydrogen-bond donors (Lipinski definition) is 1. The third-order valence-electron chi connectivity index (χ3n) is 2.90. The number of benzene rings is 2. The number of para-hydroxylation sites is 2. The highest BCUT2D eigenvalue weighted by Crippen LogP contribution is 2.26. The van der Waals surface area contributed by atoms with Crippen molar-refractivity contribution in [3.8, 4) is 0 Å². The molecular weight excluding hydrogens is 308 g/mol. The van der Waals surface area contributed by atoms with Gasteiger partial charge in [-0.2, -0.15) is 0 Å². The van der Waals surface area contributed by atoms with Crippen LogP contribution in [-0.2, 0) is 10.0 Å². The van der Waals surface area contributed by atoms with Crippen LogP contribution in [0.1, 0.15) is 17.3 Å². The minimum Gasteiger partial charge on any atom is -0.294 e. The average molecular weight is 320 g/mol. The normalized spacial score (nSPS) is 11.0. The summed E-state index contributed by atoms with van der Waals surface area (Å²) in [5.41, 5.74) is -0.270. The number of nitro groups is 1. The van der Waals surface area contributed by atoms with Crippen molar-refractivity contribution in [1.29, 1.82) is 0 Å². The maximum atomic E-state index is 12.4. The third kappa shape index (κ3) is 3.12. The van der Waals surface area contributed by atoms with E-state index >= 15 is 0 Å². The van der Waals surface area contributed by atoms with Crippen LogP contribution in [0.5, 0.6) is 0 Å². The van der Waals surface area contributed by atoms with Crippen LogP contribution in [0.15, 0.2) is 53.4 Å². The quantitative estimate of drug-likeness (QED) is 0.517. The van der Waals surface area contributed by atoms with Gasteiger partial charge >= 0.3 is 0 Å². The summed E-state index contributed by atoms with van der Waals surface area (Å²) in [5, 5.41) is 11.0. The maximum Gasteiger partial charge on any atom is 0.289 e. The molecule has 2 aromatic carbocycles. The zero-order valence-corrected chi connectivity index (χ0v) is 12.3. The number of Topliss-reactive ketones (excluding diaryl/α,β-unsaturated/α-hetero) is 1. The fourth-order valence-electron chi connectivity index (χ4n) is 1.91. The van der Waals surface area contributed by atoms with E-state index in [4.69, 9.17) is 0 Å². The van der Waals surface area contributed by atoms with E-state index in [2.05, 4.69) is 4.72 Å². The molecule has 0 radical (unpaired) electrons. The van der Waals surface area contributed by atoms with Crippen LogP contribution in [0, 0.1) is 10.1 Å². The minimum absolute atomic E-state index is 0.0770. The zero-order valence-electron chi connectivity index (χ0n) is 11.5. The highest BCUT2D eigenvalue weighted by atomic mass is 32.2. The highest BCUT2D eigenvalue weighted by molar-refractivity contribution is 7.92. The second-order valence-corrected chi connectivity index (χ2v) is 6.08. The van der Waals surface area contributed by atoms with Gasteiger partial charge in [0.25, 0.3) is 15.7 Å². The summed E-state index contributed by atoms with van der Waals surface area (Å²) in [6.07, 6.45) is 0. The standard InChI is InChI=1S/C14H12N2O5S/c1-10(17)11-6-2-3-7-12(11)15-22(20,21)14-9-5-4-8-13(14)16(18)19/h2-9,15H,1H3. The Morgan fingerprint density at radius 2 is 1.68 bits per heavy atom. The Morgan fingerprint density at radius 1 is 1.09 bits per heavy atom. The molecule has 0 saturated heterocycles. The molecule has 0 aliphatic heterocycles. The van der Waals surface area contributed by atoms with Gasteiger partial charge in [0, 0.05) is 11.6 Å². The SMILES string of the molecule is CC(=O)c1ccccc1NS(=O)(=O)c1ccccc1[N+](=O)[O-]. The molecule has 114 valence electrons. The molecule has 8 heteroatoms. The number of nitrogens with one attached hydrogen (secondary N) is 1. The second kappa shape index (κ2) is 5.94. The van der Waals surface area contributed by atoms with Crippen molar-refractivity contribution < 1.29 is 18.1 Å². The minimum atomic E-state index is -4.19. The highest BCUT2D eigenvalue weighted by Gasteiger charge is 2.26. The Morgan fingerprint density at radius 3 is 2.32 bits per heavy atom. The third-order valence-corrected chi connectivity index (χ3v) is 4.32. The molecule has 0 aliphatic carbocycles. The first kappa shape index (κ1) is 15.6. The first-order chi connectivity index (χ1) is 10.3. The molecule has 0 atom stereocenters. The van der Waals surface area contributed by atoms with Gasteiger partial charge in [-0.1, -0.05) is 24.3 Å². The molecule has 0 fully saturated rings. The molecule has 0 amide bonds. The number of rotatable bonds is 5. The van der Waals surface area contributed by atoms with Crippen LogP contribution in [0.4, 0.5) is 11.4 Å². The van der Waals surface area contributed by atoms with E-state index in [1.165, 1.54) is 31.2 Å². The van der Waals surface area contributed by atoms with Crippen LogP contribution in [0.25, 0.3) is 0 Å². The van der Waals surface area contributed by atoms with Gasteiger partial charge in [-0.05, 0) is 25.1 Å². The van der Waals surface area contributed by atoms with E-state index in [0.717, 1.165) is 12.1 Å². The zero-order chi connectivity index (χ0) is 16.3. The van der Waals surface area contributed by atoms with Crippen LogP contribution < -0.4 is 4.72 Å². The smallest absolute Gasteiger partial charge is 0.289 e. The molecule has 22 heavy (non-hydrogen) atoms.